The maximum absolute atomic E-state index is 4.58. The lowest BCUT2D eigenvalue weighted by molar-refractivity contribution is 0.391. The van der Waals surface area contributed by atoms with Crippen LogP contribution in [0.1, 0.15) is 69.9 Å². The summed E-state index contributed by atoms with van der Waals surface area (Å²) >= 11 is 0. The van der Waals surface area contributed by atoms with E-state index in [0.29, 0.717) is 6.04 Å². The number of unbranched alkanes of at least 4 members (excludes halogenated alkanes) is 1. The zero-order valence-corrected chi connectivity index (χ0v) is 15.9. The van der Waals surface area contributed by atoms with Crippen molar-refractivity contribution in [2.45, 2.75) is 83.7 Å². The number of hydrogen-bond acceptors (Lipinski definition) is 3. The summed E-state index contributed by atoms with van der Waals surface area (Å²) in [4.78, 5) is 8.97. The monoisotopic (exact) mass is 346 g/mol. The molecule has 25 heavy (non-hydrogen) atoms. The molecule has 1 aromatic heterocycles. The predicted molar refractivity (Wildman–Crippen MR) is 102 cm³/mol. The Kier molecular flexibility index (Phi) is 6.70. The van der Waals surface area contributed by atoms with Crippen LogP contribution < -0.4 is 10.6 Å². The second-order valence-corrected chi connectivity index (χ2v) is 7.51. The first kappa shape index (κ1) is 18.2. The van der Waals surface area contributed by atoms with Crippen molar-refractivity contribution in [3.05, 3.63) is 11.6 Å². The predicted octanol–water partition coefficient (Wildman–Crippen LogP) is 2.68. The molecule has 1 unspecified atom stereocenters. The summed E-state index contributed by atoms with van der Waals surface area (Å²) < 4.78 is 2.06. The molecular weight excluding hydrogens is 312 g/mol. The van der Waals surface area contributed by atoms with Gasteiger partial charge in [0.1, 0.15) is 5.82 Å². The third-order valence-corrected chi connectivity index (χ3v) is 5.59. The van der Waals surface area contributed by atoms with E-state index in [4.69, 9.17) is 0 Å². The quantitative estimate of drug-likeness (QED) is 0.452. The van der Waals surface area contributed by atoms with Gasteiger partial charge in [0.25, 0.3) is 0 Å². The summed E-state index contributed by atoms with van der Waals surface area (Å²) in [6.07, 6.45) is 12.8. The lowest BCUT2D eigenvalue weighted by atomic mass is 10.0. The fourth-order valence-electron chi connectivity index (χ4n) is 4.08. The SMILES string of the molecule is CCc1nc2n(n1)CC(NC(=NC)NCCCCC1CCCC1)CC2. The lowest BCUT2D eigenvalue weighted by Gasteiger charge is -2.25. The Hall–Kier alpha value is -1.59. The molecular formula is C19H34N6. The molecule has 3 rings (SSSR count). The van der Waals surface area contributed by atoms with Gasteiger partial charge in [-0.25, -0.2) is 9.67 Å². The number of nitrogens with zero attached hydrogens (tertiary/aromatic N) is 4. The van der Waals surface area contributed by atoms with E-state index >= 15 is 0 Å². The number of guanidine groups is 1. The van der Waals surface area contributed by atoms with Gasteiger partial charge in [-0.3, -0.25) is 4.99 Å². The lowest BCUT2D eigenvalue weighted by Crippen LogP contribution is -2.47. The molecule has 1 saturated carbocycles. The Balaban J connectivity index is 1.36. The average molecular weight is 347 g/mol. The number of aliphatic imine (C=N–C) groups is 1. The van der Waals surface area contributed by atoms with Gasteiger partial charge in [-0.15, -0.1) is 0 Å². The number of aryl methyl sites for hydroxylation is 2. The van der Waals surface area contributed by atoms with Gasteiger partial charge in [0.15, 0.2) is 11.8 Å². The highest BCUT2D eigenvalue weighted by atomic mass is 15.4. The highest BCUT2D eigenvalue weighted by Gasteiger charge is 2.22. The summed E-state index contributed by atoms with van der Waals surface area (Å²) in [7, 11) is 1.85. The minimum absolute atomic E-state index is 0.378. The van der Waals surface area contributed by atoms with E-state index < -0.39 is 0 Å². The van der Waals surface area contributed by atoms with Crippen LogP contribution in [0, 0.1) is 5.92 Å². The van der Waals surface area contributed by atoms with Crippen molar-refractivity contribution in [1.29, 1.82) is 0 Å². The van der Waals surface area contributed by atoms with Crippen LogP contribution in [0.15, 0.2) is 4.99 Å². The summed E-state index contributed by atoms with van der Waals surface area (Å²) in [5, 5.41) is 11.6. The summed E-state index contributed by atoms with van der Waals surface area (Å²) in [5.41, 5.74) is 0. The fourth-order valence-corrected chi connectivity index (χ4v) is 4.08. The third-order valence-electron chi connectivity index (χ3n) is 5.59. The molecule has 6 nitrogen and oxygen atoms in total. The van der Waals surface area contributed by atoms with Crippen LogP contribution in [0.5, 0.6) is 0 Å². The van der Waals surface area contributed by atoms with Gasteiger partial charge in [0.05, 0.1) is 6.54 Å². The molecule has 1 aromatic rings. The van der Waals surface area contributed by atoms with Crippen molar-refractivity contribution in [1.82, 2.24) is 25.4 Å². The van der Waals surface area contributed by atoms with Crippen LogP contribution in [0.4, 0.5) is 0 Å². The smallest absolute Gasteiger partial charge is 0.191 e. The Labute approximate surface area is 151 Å². The Morgan fingerprint density at radius 3 is 2.84 bits per heavy atom. The first-order valence-electron chi connectivity index (χ1n) is 10.2. The number of aromatic nitrogens is 3. The minimum atomic E-state index is 0.378. The van der Waals surface area contributed by atoms with Crippen molar-refractivity contribution in [2.75, 3.05) is 13.6 Å². The van der Waals surface area contributed by atoms with Crippen molar-refractivity contribution in [3.8, 4) is 0 Å². The van der Waals surface area contributed by atoms with Crippen molar-refractivity contribution < 1.29 is 0 Å². The standard InChI is InChI=1S/C19H34N6/c1-3-17-23-18-12-11-16(14-25(18)24-17)22-19(20-2)21-13-7-6-10-15-8-4-5-9-15/h15-16H,3-14H2,1-2H3,(H2,20,21,22). The summed E-state index contributed by atoms with van der Waals surface area (Å²) in [6, 6.07) is 0.378. The molecule has 0 saturated heterocycles. The Morgan fingerprint density at radius 2 is 2.08 bits per heavy atom. The topological polar surface area (TPSA) is 67.1 Å². The van der Waals surface area contributed by atoms with E-state index in [1.807, 2.05) is 7.05 Å². The Bertz CT molecular complexity index is 558. The maximum Gasteiger partial charge on any atom is 0.191 e. The molecule has 1 aliphatic heterocycles. The highest BCUT2D eigenvalue weighted by Crippen LogP contribution is 2.28. The van der Waals surface area contributed by atoms with Gasteiger partial charge in [-0.1, -0.05) is 45.4 Å². The third kappa shape index (κ3) is 5.19. The summed E-state index contributed by atoms with van der Waals surface area (Å²) in [5.74, 6) is 4.01. The zero-order chi connectivity index (χ0) is 17.5. The number of fused-ring (bicyclic) bond motifs is 1. The number of rotatable bonds is 7. The van der Waals surface area contributed by atoms with E-state index in [-0.39, 0.29) is 0 Å². The number of hydrogen-bond donors (Lipinski definition) is 2. The van der Waals surface area contributed by atoms with Crippen LogP contribution in [0.2, 0.25) is 0 Å². The van der Waals surface area contributed by atoms with Gasteiger partial charge >= 0.3 is 0 Å². The molecule has 1 fully saturated rings. The summed E-state index contributed by atoms with van der Waals surface area (Å²) in [6.45, 7) is 3.99. The Morgan fingerprint density at radius 1 is 1.24 bits per heavy atom. The maximum atomic E-state index is 4.58. The van der Waals surface area contributed by atoms with Crippen molar-refractivity contribution in [3.63, 3.8) is 0 Å². The van der Waals surface area contributed by atoms with Crippen LogP contribution >= 0.6 is 0 Å². The van der Waals surface area contributed by atoms with Gasteiger partial charge < -0.3 is 10.6 Å². The van der Waals surface area contributed by atoms with Crippen LogP contribution in [-0.2, 0) is 19.4 Å². The zero-order valence-electron chi connectivity index (χ0n) is 15.9. The largest absolute Gasteiger partial charge is 0.356 e. The van der Waals surface area contributed by atoms with Crippen molar-refractivity contribution in [2.24, 2.45) is 10.9 Å². The van der Waals surface area contributed by atoms with Gasteiger partial charge in [-0.05, 0) is 18.8 Å². The normalized spacial score (nSPS) is 21.4. The molecule has 2 heterocycles. The van der Waals surface area contributed by atoms with E-state index in [0.717, 1.165) is 55.9 Å². The molecule has 0 bridgehead atoms. The second kappa shape index (κ2) is 9.20. The molecule has 6 heteroatoms. The second-order valence-electron chi connectivity index (χ2n) is 7.51. The highest BCUT2D eigenvalue weighted by molar-refractivity contribution is 5.79. The first-order valence-corrected chi connectivity index (χ1v) is 10.2. The number of nitrogens with one attached hydrogen (secondary N) is 2. The van der Waals surface area contributed by atoms with E-state index in [9.17, 15) is 0 Å². The van der Waals surface area contributed by atoms with E-state index in [1.165, 1.54) is 44.9 Å². The molecule has 0 amide bonds. The van der Waals surface area contributed by atoms with Crippen LogP contribution in [-0.4, -0.2) is 40.4 Å². The molecule has 2 aliphatic rings. The van der Waals surface area contributed by atoms with Crippen molar-refractivity contribution >= 4 is 5.96 Å². The minimum Gasteiger partial charge on any atom is -0.356 e. The molecule has 0 spiro atoms. The first-order chi connectivity index (χ1) is 12.3. The molecule has 2 N–H and O–H groups in total. The van der Waals surface area contributed by atoms with Crippen LogP contribution in [0.25, 0.3) is 0 Å². The molecule has 0 radical (unpaired) electrons. The van der Waals surface area contributed by atoms with E-state index in [1.54, 1.807) is 0 Å². The van der Waals surface area contributed by atoms with Crippen LogP contribution in [0.3, 0.4) is 0 Å². The van der Waals surface area contributed by atoms with Gasteiger partial charge in [0.2, 0.25) is 0 Å². The molecule has 1 atom stereocenters. The fraction of sp³-hybridized carbons (Fsp3) is 0.842. The molecule has 1 aliphatic carbocycles. The van der Waals surface area contributed by atoms with Gasteiger partial charge in [0, 0.05) is 32.5 Å². The molecule has 140 valence electrons. The molecule has 0 aromatic carbocycles. The van der Waals surface area contributed by atoms with E-state index in [2.05, 4.69) is 37.3 Å². The van der Waals surface area contributed by atoms with Gasteiger partial charge in [-0.2, -0.15) is 5.10 Å². The average Bonchev–Trinajstić information content (AvgIpc) is 3.29.